The van der Waals surface area contributed by atoms with Crippen LogP contribution in [0.15, 0.2) is 36.5 Å². The molecule has 1 atom stereocenters. The smallest absolute Gasteiger partial charge is 0.419 e. The van der Waals surface area contributed by atoms with Crippen LogP contribution in [0, 0.1) is 5.92 Å². The zero-order valence-corrected chi connectivity index (χ0v) is 16.2. The van der Waals surface area contributed by atoms with Gasteiger partial charge in [-0.1, -0.05) is 6.07 Å². The molecule has 0 bridgehead atoms. The topological polar surface area (TPSA) is 63.7 Å². The lowest BCUT2D eigenvalue weighted by Gasteiger charge is -2.21. The number of pyridine rings is 1. The molecule has 0 spiro atoms. The molecule has 160 valence electrons. The number of benzene rings is 1. The van der Waals surface area contributed by atoms with Crippen molar-refractivity contribution >= 4 is 11.7 Å². The molecule has 2 aromatic rings. The molecule has 0 radical (unpaired) electrons. The largest absolute Gasteiger partial charge is 0.486 e. The third kappa shape index (κ3) is 4.44. The highest BCUT2D eigenvalue weighted by Gasteiger charge is 2.38. The Morgan fingerprint density at radius 1 is 1.20 bits per heavy atom. The monoisotopic (exact) mass is 421 g/mol. The van der Waals surface area contributed by atoms with E-state index in [1.165, 1.54) is 17.2 Å². The van der Waals surface area contributed by atoms with Crippen LogP contribution in [-0.2, 0) is 17.4 Å². The van der Waals surface area contributed by atoms with Gasteiger partial charge in [-0.15, -0.1) is 0 Å². The Labute approximate surface area is 172 Å². The molecule has 2 aliphatic rings. The van der Waals surface area contributed by atoms with Crippen LogP contribution in [0.2, 0.25) is 0 Å². The Morgan fingerprint density at radius 3 is 2.80 bits per heavy atom. The molecular formula is C21H22F3N3O3. The van der Waals surface area contributed by atoms with Gasteiger partial charge < -0.3 is 19.7 Å². The van der Waals surface area contributed by atoms with Crippen molar-refractivity contribution in [1.29, 1.82) is 0 Å². The summed E-state index contributed by atoms with van der Waals surface area (Å²) >= 11 is 0. The lowest BCUT2D eigenvalue weighted by molar-refractivity contribution is -0.137. The Balaban J connectivity index is 1.31. The van der Waals surface area contributed by atoms with E-state index in [0.717, 1.165) is 11.6 Å². The fourth-order valence-electron chi connectivity index (χ4n) is 3.75. The molecule has 1 saturated heterocycles. The molecule has 1 amide bonds. The molecule has 3 heterocycles. The summed E-state index contributed by atoms with van der Waals surface area (Å²) < 4.78 is 50.7. The zero-order valence-electron chi connectivity index (χ0n) is 16.2. The number of fused-ring (bicyclic) bond motifs is 1. The van der Waals surface area contributed by atoms with E-state index in [4.69, 9.17) is 9.47 Å². The van der Waals surface area contributed by atoms with Crippen LogP contribution >= 0.6 is 0 Å². The average Bonchev–Trinajstić information content (AvgIpc) is 3.23. The Hall–Kier alpha value is -2.97. The van der Waals surface area contributed by atoms with Gasteiger partial charge in [0.25, 0.3) is 0 Å². The summed E-state index contributed by atoms with van der Waals surface area (Å²) in [5, 5.41) is 2.89. The first-order valence-electron chi connectivity index (χ1n) is 9.85. The number of ether oxygens (including phenoxy) is 2. The first kappa shape index (κ1) is 20.3. The van der Waals surface area contributed by atoms with Gasteiger partial charge in [0.1, 0.15) is 19.0 Å². The van der Waals surface area contributed by atoms with E-state index in [1.54, 1.807) is 0 Å². The molecule has 2 aliphatic heterocycles. The summed E-state index contributed by atoms with van der Waals surface area (Å²) in [6.45, 7) is 2.06. The minimum Gasteiger partial charge on any atom is -0.486 e. The number of alkyl halides is 3. The number of hydrogen-bond donors (Lipinski definition) is 1. The van der Waals surface area contributed by atoms with Gasteiger partial charge in [0, 0.05) is 25.8 Å². The minimum absolute atomic E-state index is 0.114. The van der Waals surface area contributed by atoms with Gasteiger partial charge in [0.05, 0.1) is 11.5 Å². The van der Waals surface area contributed by atoms with E-state index < -0.39 is 11.7 Å². The summed E-state index contributed by atoms with van der Waals surface area (Å²) in [5.74, 6) is 0.782. The number of nitrogens with one attached hydrogen (secondary N) is 1. The highest BCUT2D eigenvalue weighted by Crippen LogP contribution is 2.37. The van der Waals surface area contributed by atoms with Crippen molar-refractivity contribution in [3.05, 3.63) is 47.7 Å². The standard InChI is InChI=1S/C21H22F3N3O3/c22-21(23,24)16-2-1-7-25-19(16)27-9-6-15(13-27)20(28)26-8-5-14-3-4-17-18(12-14)30-11-10-29-17/h1-4,7,12,15H,5-6,8-11,13H2,(H,26,28)/t15-/m0/s1. The van der Waals surface area contributed by atoms with Crippen LogP contribution in [0.5, 0.6) is 11.5 Å². The van der Waals surface area contributed by atoms with Gasteiger partial charge in [0.15, 0.2) is 11.5 Å². The number of amides is 1. The van der Waals surface area contributed by atoms with Crippen molar-refractivity contribution in [3.63, 3.8) is 0 Å². The molecule has 0 saturated carbocycles. The van der Waals surface area contributed by atoms with Crippen LogP contribution in [0.1, 0.15) is 17.5 Å². The Kier molecular flexibility index (Phi) is 5.69. The molecule has 1 aromatic carbocycles. The number of anilines is 1. The number of halogens is 3. The fraction of sp³-hybridized carbons (Fsp3) is 0.429. The van der Waals surface area contributed by atoms with Crippen molar-refractivity contribution in [3.8, 4) is 11.5 Å². The predicted molar refractivity (Wildman–Crippen MR) is 104 cm³/mol. The normalized spacial score (nSPS) is 18.4. The van der Waals surface area contributed by atoms with Gasteiger partial charge in [-0.2, -0.15) is 13.2 Å². The number of hydrogen-bond acceptors (Lipinski definition) is 5. The second kappa shape index (κ2) is 8.41. The van der Waals surface area contributed by atoms with Crippen LogP contribution in [-0.4, -0.2) is 43.7 Å². The van der Waals surface area contributed by atoms with E-state index in [2.05, 4.69) is 10.3 Å². The maximum atomic E-state index is 13.2. The molecule has 30 heavy (non-hydrogen) atoms. The second-order valence-corrected chi connectivity index (χ2v) is 7.32. The molecule has 1 fully saturated rings. The first-order valence-corrected chi connectivity index (χ1v) is 9.85. The van der Waals surface area contributed by atoms with Crippen molar-refractivity contribution in [2.45, 2.75) is 19.0 Å². The number of carbonyl (C=O) groups excluding carboxylic acids is 1. The number of aromatic nitrogens is 1. The minimum atomic E-state index is -4.48. The number of nitrogens with zero attached hydrogens (tertiary/aromatic N) is 2. The molecule has 0 unspecified atom stereocenters. The second-order valence-electron chi connectivity index (χ2n) is 7.32. The number of carbonyl (C=O) groups is 1. The van der Waals surface area contributed by atoms with Crippen LogP contribution < -0.4 is 19.7 Å². The van der Waals surface area contributed by atoms with Crippen molar-refractivity contribution in [2.75, 3.05) is 37.7 Å². The zero-order chi connectivity index (χ0) is 21.1. The summed E-state index contributed by atoms with van der Waals surface area (Å²) in [7, 11) is 0. The first-order chi connectivity index (χ1) is 14.4. The van der Waals surface area contributed by atoms with E-state index in [1.807, 2.05) is 18.2 Å². The lowest BCUT2D eigenvalue weighted by atomic mass is 10.1. The Morgan fingerprint density at radius 2 is 2.00 bits per heavy atom. The molecule has 1 aromatic heterocycles. The third-order valence-corrected chi connectivity index (χ3v) is 5.27. The van der Waals surface area contributed by atoms with Crippen LogP contribution in [0.3, 0.4) is 0 Å². The summed E-state index contributed by atoms with van der Waals surface area (Å²) in [6, 6.07) is 7.97. The maximum absolute atomic E-state index is 13.2. The highest BCUT2D eigenvalue weighted by atomic mass is 19.4. The maximum Gasteiger partial charge on any atom is 0.419 e. The van der Waals surface area contributed by atoms with Crippen molar-refractivity contribution in [2.24, 2.45) is 5.92 Å². The van der Waals surface area contributed by atoms with E-state index in [9.17, 15) is 18.0 Å². The van der Waals surface area contributed by atoms with Crippen molar-refractivity contribution in [1.82, 2.24) is 10.3 Å². The van der Waals surface area contributed by atoms with E-state index in [-0.39, 0.29) is 24.2 Å². The van der Waals surface area contributed by atoms with Gasteiger partial charge >= 0.3 is 6.18 Å². The molecule has 4 rings (SSSR count). The summed E-state index contributed by atoms with van der Waals surface area (Å²) in [5.41, 5.74) is 0.237. The Bertz CT molecular complexity index is 920. The average molecular weight is 421 g/mol. The predicted octanol–water partition coefficient (Wildman–Crippen LogP) is 3.06. The molecule has 1 N–H and O–H groups in total. The van der Waals surface area contributed by atoms with E-state index in [0.29, 0.717) is 50.6 Å². The summed E-state index contributed by atoms with van der Waals surface area (Å²) in [6.07, 6.45) is -2.03. The van der Waals surface area contributed by atoms with Crippen LogP contribution in [0.4, 0.5) is 19.0 Å². The summed E-state index contributed by atoms with van der Waals surface area (Å²) in [4.78, 5) is 17.9. The van der Waals surface area contributed by atoms with Gasteiger partial charge in [-0.05, 0) is 42.7 Å². The highest BCUT2D eigenvalue weighted by molar-refractivity contribution is 5.80. The van der Waals surface area contributed by atoms with Gasteiger partial charge in [-0.25, -0.2) is 4.98 Å². The van der Waals surface area contributed by atoms with E-state index >= 15 is 0 Å². The SMILES string of the molecule is O=C(NCCc1ccc2c(c1)OCCO2)[C@H]1CCN(c2ncccc2C(F)(F)F)C1. The molecule has 0 aliphatic carbocycles. The third-order valence-electron chi connectivity index (χ3n) is 5.27. The lowest BCUT2D eigenvalue weighted by Crippen LogP contribution is -2.34. The molecular weight excluding hydrogens is 399 g/mol. The van der Waals surface area contributed by atoms with Gasteiger partial charge in [-0.3, -0.25) is 4.79 Å². The quantitative estimate of drug-likeness (QED) is 0.804. The van der Waals surface area contributed by atoms with Crippen LogP contribution in [0.25, 0.3) is 0 Å². The molecule has 6 nitrogen and oxygen atoms in total. The fourth-order valence-corrected chi connectivity index (χ4v) is 3.75. The van der Waals surface area contributed by atoms with Gasteiger partial charge in [0.2, 0.25) is 5.91 Å². The van der Waals surface area contributed by atoms with Crippen molar-refractivity contribution < 1.29 is 27.4 Å². The number of rotatable bonds is 5. The molecule has 9 heteroatoms.